The van der Waals surface area contributed by atoms with Crippen molar-refractivity contribution in [3.05, 3.63) is 12.4 Å². The zero-order chi connectivity index (χ0) is 18.3. The minimum absolute atomic E-state index is 0.00396. The number of carbonyl (C=O) groups excluding carboxylic acids is 1. The second kappa shape index (κ2) is 8.76. The van der Waals surface area contributed by atoms with Crippen LogP contribution in [0, 0.1) is 0 Å². The molecule has 10 nitrogen and oxygen atoms in total. The number of ether oxygens (including phenoxy) is 1. The Morgan fingerprint density at radius 2 is 2.17 bits per heavy atom. The molecule has 0 saturated carbocycles. The zero-order valence-corrected chi connectivity index (χ0v) is 14.6. The van der Waals surface area contributed by atoms with E-state index in [9.17, 15) is 18.0 Å². The van der Waals surface area contributed by atoms with Crippen LogP contribution in [0.5, 0.6) is 0 Å². The third-order valence-electron chi connectivity index (χ3n) is 3.24. The highest BCUT2D eigenvalue weighted by molar-refractivity contribution is 7.89. The van der Waals surface area contributed by atoms with E-state index in [1.54, 1.807) is 0 Å². The van der Waals surface area contributed by atoms with Gasteiger partial charge >= 0.3 is 5.97 Å². The first kappa shape index (κ1) is 20.1. The molecule has 2 N–H and O–H groups in total. The minimum Gasteiger partial charge on any atom is -0.480 e. The molecular formula is C13H22N4O6S. The highest BCUT2D eigenvalue weighted by Gasteiger charge is 2.33. The van der Waals surface area contributed by atoms with Crippen molar-refractivity contribution in [1.29, 1.82) is 0 Å². The molecule has 0 fully saturated rings. The third kappa shape index (κ3) is 5.28. The van der Waals surface area contributed by atoms with Crippen molar-refractivity contribution < 1.29 is 27.9 Å². The number of carboxylic acids is 1. The van der Waals surface area contributed by atoms with Gasteiger partial charge in [0.1, 0.15) is 10.9 Å². The number of aliphatic carboxylic acids is 1. The van der Waals surface area contributed by atoms with Crippen LogP contribution < -0.4 is 5.32 Å². The number of nitrogens with zero attached hydrogens (tertiary/aromatic N) is 3. The largest absolute Gasteiger partial charge is 0.480 e. The highest BCUT2D eigenvalue weighted by atomic mass is 32.2. The van der Waals surface area contributed by atoms with Crippen molar-refractivity contribution in [3.8, 4) is 0 Å². The summed E-state index contributed by atoms with van der Waals surface area (Å²) >= 11 is 0. The Labute approximate surface area is 140 Å². The SMILES string of the molecule is COCCn1cc(S(=O)(=O)N(CCNC(C)=O)C(C)C(=O)O)cn1. The number of amides is 1. The molecule has 0 aliphatic carbocycles. The number of rotatable bonds is 10. The summed E-state index contributed by atoms with van der Waals surface area (Å²) in [4.78, 5) is 22.0. The molecule has 0 aromatic carbocycles. The fraction of sp³-hybridized carbons (Fsp3) is 0.615. The maximum absolute atomic E-state index is 12.7. The normalized spacial score (nSPS) is 13.0. The molecule has 1 aromatic rings. The van der Waals surface area contributed by atoms with Gasteiger partial charge in [0.05, 0.1) is 19.3 Å². The molecule has 11 heteroatoms. The van der Waals surface area contributed by atoms with Crippen LogP contribution >= 0.6 is 0 Å². The molecular weight excluding hydrogens is 340 g/mol. The predicted molar refractivity (Wildman–Crippen MR) is 83.8 cm³/mol. The standard InChI is InChI=1S/C13H22N4O6S/c1-10(13(19)20)17(5-4-14-11(2)18)24(21,22)12-8-15-16(9-12)6-7-23-3/h8-10H,4-7H2,1-3H3,(H,14,18)(H,19,20). The average molecular weight is 362 g/mol. The van der Waals surface area contributed by atoms with Gasteiger partial charge in [0, 0.05) is 33.3 Å². The summed E-state index contributed by atoms with van der Waals surface area (Å²) in [5.41, 5.74) is 0. The van der Waals surface area contributed by atoms with Gasteiger partial charge in [-0.3, -0.25) is 14.3 Å². The molecule has 1 atom stereocenters. The van der Waals surface area contributed by atoms with E-state index in [1.807, 2.05) is 0 Å². The Morgan fingerprint density at radius 1 is 1.50 bits per heavy atom. The fourth-order valence-electron chi connectivity index (χ4n) is 1.91. The number of hydrogen-bond acceptors (Lipinski definition) is 6. The molecule has 1 rings (SSSR count). The molecule has 24 heavy (non-hydrogen) atoms. The third-order valence-corrected chi connectivity index (χ3v) is 5.16. The van der Waals surface area contributed by atoms with E-state index in [4.69, 9.17) is 9.84 Å². The van der Waals surface area contributed by atoms with E-state index >= 15 is 0 Å². The van der Waals surface area contributed by atoms with Crippen molar-refractivity contribution in [3.63, 3.8) is 0 Å². The fourth-order valence-corrected chi connectivity index (χ4v) is 3.45. The van der Waals surface area contributed by atoms with Crippen LogP contribution in [0.1, 0.15) is 13.8 Å². The molecule has 0 aliphatic rings. The molecule has 1 heterocycles. The summed E-state index contributed by atoms with van der Waals surface area (Å²) in [5.74, 6) is -1.61. The van der Waals surface area contributed by atoms with Crippen LogP contribution in [-0.2, 0) is 30.9 Å². The topological polar surface area (TPSA) is 131 Å². The van der Waals surface area contributed by atoms with E-state index in [1.165, 1.54) is 31.8 Å². The molecule has 0 saturated heterocycles. The number of carboxylic acid groups (broad SMARTS) is 1. The zero-order valence-electron chi connectivity index (χ0n) is 13.8. The molecule has 1 unspecified atom stereocenters. The van der Waals surface area contributed by atoms with E-state index < -0.39 is 22.0 Å². The first-order valence-corrected chi connectivity index (χ1v) is 8.64. The molecule has 0 radical (unpaired) electrons. The van der Waals surface area contributed by atoms with Crippen LogP contribution in [0.4, 0.5) is 0 Å². The smallest absolute Gasteiger partial charge is 0.321 e. The van der Waals surface area contributed by atoms with Crippen molar-refractivity contribution in [2.75, 3.05) is 26.8 Å². The van der Waals surface area contributed by atoms with Gasteiger partial charge in [-0.15, -0.1) is 0 Å². The van der Waals surface area contributed by atoms with E-state index in [2.05, 4.69) is 10.4 Å². The molecule has 0 spiro atoms. The van der Waals surface area contributed by atoms with Crippen molar-refractivity contribution in [1.82, 2.24) is 19.4 Å². The second-order valence-electron chi connectivity index (χ2n) is 5.04. The Bertz CT molecular complexity index is 672. The lowest BCUT2D eigenvalue weighted by Gasteiger charge is -2.25. The van der Waals surface area contributed by atoms with E-state index in [0.29, 0.717) is 13.2 Å². The van der Waals surface area contributed by atoms with Crippen molar-refractivity contribution >= 4 is 21.9 Å². The van der Waals surface area contributed by atoms with Crippen LogP contribution in [-0.4, -0.2) is 72.3 Å². The maximum atomic E-state index is 12.7. The lowest BCUT2D eigenvalue weighted by atomic mass is 10.3. The maximum Gasteiger partial charge on any atom is 0.321 e. The molecule has 1 aromatic heterocycles. The van der Waals surface area contributed by atoms with Crippen molar-refractivity contribution in [2.24, 2.45) is 0 Å². The average Bonchev–Trinajstić information content (AvgIpc) is 2.98. The summed E-state index contributed by atoms with van der Waals surface area (Å²) in [6.07, 6.45) is 2.47. The first-order chi connectivity index (χ1) is 11.2. The van der Waals surface area contributed by atoms with Crippen LogP contribution in [0.15, 0.2) is 17.3 Å². The number of methoxy groups -OCH3 is 1. The minimum atomic E-state index is -4.07. The Kier molecular flexibility index (Phi) is 7.32. The molecule has 0 aliphatic heterocycles. The van der Waals surface area contributed by atoms with Crippen molar-refractivity contribution in [2.45, 2.75) is 31.3 Å². The van der Waals surface area contributed by atoms with Gasteiger partial charge < -0.3 is 15.2 Å². The summed E-state index contributed by atoms with van der Waals surface area (Å²) in [6.45, 7) is 3.12. The van der Waals surface area contributed by atoms with Gasteiger partial charge in [-0.1, -0.05) is 0 Å². The Hall–Kier alpha value is -1.98. The lowest BCUT2D eigenvalue weighted by molar-refractivity contribution is -0.140. The quantitative estimate of drug-likeness (QED) is 0.553. The number of aromatic nitrogens is 2. The first-order valence-electron chi connectivity index (χ1n) is 7.20. The summed E-state index contributed by atoms with van der Waals surface area (Å²) < 4.78 is 32.5. The Morgan fingerprint density at radius 3 is 2.71 bits per heavy atom. The molecule has 136 valence electrons. The summed E-state index contributed by atoms with van der Waals surface area (Å²) in [6, 6.07) is -1.29. The number of hydrogen-bond donors (Lipinski definition) is 2. The Balaban J connectivity index is 3.02. The van der Waals surface area contributed by atoms with Crippen LogP contribution in [0.3, 0.4) is 0 Å². The van der Waals surface area contributed by atoms with Gasteiger partial charge in [0.2, 0.25) is 15.9 Å². The molecule has 0 bridgehead atoms. The molecule has 1 amide bonds. The van der Waals surface area contributed by atoms with E-state index in [0.717, 1.165) is 10.5 Å². The van der Waals surface area contributed by atoms with Gasteiger partial charge in [-0.2, -0.15) is 9.40 Å². The van der Waals surface area contributed by atoms with Gasteiger partial charge in [0.25, 0.3) is 0 Å². The van der Waals surface area contributed by atoms with Gasteiger partial charge in [-0.05, 0) is 6.92 Å². The highest BCUT2D eigenvalue weighted by Crippen LogP contribution is 2.17. The summed E-state index contributed by atoms with van der Waals surface area (Å²) in [5, 5.41) is 15.5. The van der Waals surface area contributed by atoms with Crippen LogP contribution in [0.2, 0.25) is 0 Å². The monoisotopic (exact) mass is 362 g/mol. The van der Waals surface area contributed by atoms with E-state index in [-0.39, 0.29) is 23.9 Å². The number of sulfonamides is 1. The number of carbonyl (C=O) groups is 2. The second-order valence-corrected chi connectivity index (χ2v) is 6.94. The summed E-state index contributed by atoms with van der Waals surface area (Å²) in [7, 11) is -2.56. The van der Waals surface area contributed by atoms with Gasteiger partial charge in [0.15, 0.2) is 0 Å². The predicted octanol–water partition coefficient (Wildman–Crippen LogP) is -0.871. The lowest BCUT2D eigenvalue weighted by Crippen LogP contribution is -2.46. The van der Waals surface area contributed by atoms with Crippen LogP contribution in [0.25, 0.3) is 0 Å². The van der Waals surface area contributed by atoms with Gasteiger partial charge in [-0.25, -0.2) is 8.42 Å². The number of nitrogens with one attached hydrogen (secondary N) is 1.